The minimum atomic E-state index is -1.12. The van der Waals surface area contributed by atoms with Gasteiger partial charge in [-0.05, 0) is 34.6 Å². The molecule has 0 saturated heterocycles. The molecule has 6 heteroatoms. The van der Waals surface area contributed by atoms with Gasteiger partial charge in [0.25, 0.3) is 0 Å². The predicted octanol–water partition coefficient (Wildman–Crippen LogP) is 1.27. The average molecular weight is 255 g/mol. The highest BCUT2D eigenvalue weighted by atomic mass is 16.6. The summed E-state index contributed by atoms with van der Waals surface area (Å²) in [4.78, 5) is 24.8. The van der Waals surface area contributed by atoms with E-state index < -0.39 is 17.2 Å². The second-order valence-electron chi connectivity index (χ2n) is 5.57. The Morgan fingerprint density at radius 3 is 2.17 bits per heavy atom. The van der Waals surface area contributed by atoms with E-state index in [1.807, 2.05) is 6.07 Å². The third-order valence-electron chi connectivity index (χ3n) is 2.00. The maximum absolute atomic E-state index is 12.0. The maximum Gasteiger partial charge on any atom is 0.408 e. The quantitative estimate of drug-likeness (QED) is 0.770. The van der Waals surface area contributed by atoms with Crippen molar-refractivity contribution in [2.45, 2.75) is 45.8 Å². The zero-order valence-corrected chi connectivity index (χ0v) is 11.8. The van der Waals surface area contributed by atoms with Crippen molar-refractivity contribution in [3.8, 4) is 6.07 Å². The molecule has 0 aliphatic carbocycles. The standard InChI is InChI=1S/C12H21N3O3/c1-11(2,3)18-10(17)14-12(4,5)9(16)15(6)8-7-13/h8H2,1-6H3,(H,14,17). The lowest BCUT2D eigenvalue weighted by molar-refractivity contribution is -0.135. The first-order valence-electron chi connectivity index (χ1n) is 5.63. The highest BCUT2D eigenvalue weighted by molar-refractivity contribution is 5.89. The summed E-state index contributed by atoms with van der Waals surface area (Å²) in [6.07, 6.45) is -0.661. The molecule has 0 saturated carbocycles. The van der Waals surface area contributed by atoms with E-state index in [-0.39, 0.29) is 12.5 Å². The first-order valence-corrected chi connectivity index (χ1v) is 5.63. The summed E-state index contributed by atoms with van der Waals surface area (Å²) in [6.45, 7) is 8.31. The molecule has 0 aliphatic heterocycles. The molecular weight excluding hydrogens is 234 g/mol. The van der Waals surface area contributed by atoms with Gasteiger partial charge in [-0.15, -0.1) is 0 Å². The van der Waals surface area contributed by atoms with Crippen LogP contribution >= 0.6 is 0 Å². The van der Waals surface area contributed by atoms with Crippen LogP contribution in [0.15, 0.2) is 0 Å². The zero-order valence-electron chi connectivity index (χ0n) is 11.8. The van der Waals surface area contributed by atoms with Gasteiger partial charge in [-0.3, -0.25) is 4.79 Å². The van der Waals surface area contributed by atoms with E-state index in [2.05, 4.69) is 5.32 Å². The first-order chi connectivity index (χ1) is 7.99. The van der Waals surface area contributed by atoms with Crippen LogP contribution in [0, 0.1) is 11.3 Å². The molecule has 0 aromatic rings. The molecule has 0 rings (SSSR count). The molecule has 1 N–H and O–H groups in total. The number of nitriles is 1. The van der Waals surface area contributed by atoms with Crippen LogP contribution in [0.5, 0.6) is 0 Å². The van der Waals surface area contributed by atoms with E-state index in [4.69, 9.17) is 10.00 Å². The molecule has 0 aromatic carbocycles. The highest BCUT2D eigenvalue weighted by Gasteiger charge is 2.33. The van der Waals surface area contributed by atoms with Gasteiger partial charge >= 0.3 is 6.09 Å². The number of rotatable bonds is 3. The molecule has 0 heterocycles. The van der Waals surface area contributed by atoms with Crippen LogP contribution in [0.4, 0.5) is 4.79 Å². The third-order valence-corrected chi connectivity index (χ3v) is 2.00. The Morgan fingerprint density at radius 2 is 1.78 bits per heavy atom. The summed E-state index contributed by atoms with van der Waals surface area (Å²) in [7, 11) is 1.50. The summed E-state index contributed by atoms with van der Waals surface area (Å²) >= 11 is 0. The van der Waals surface area contributed by atoms with Crippen LogP contribution in [0.1, 0.15) is 34.6 Å². The maximum atomic E-state index is 12.0. The molecule has 0 atom stereocenters. The third kappa shape index (κ3) is 5.53. The Labute approximate surface area is 108 Å². The van der Waals surface area contributed by atoms with E-state index in [1.165, 1.54) is 11.9 Å². The summed E-state index contributed by atoms with van der Waals surface area (Å²) in [5, 5.41) is 11.0. The molecule has 2 amide bonds. The lowest BCUT2D eigenvalue weighted by Gasteiger charge is -2.30. The highest BCUT2D eigenvalue weighted by Crippen LogP contribution is 2.11. The number of nitrogens with one attached hydrogen (secondary N) is 1. The molecule has 0 spiro atoms. The number of hydrogen-bond donors (Lipinski definition) is 1. The molecule has 0 aliphatic rings. The van der Waals surface area contributed by atoms with Crippen LogP contribution in [0.3, 0.4) is 0 Å². The molecule has 18 heavy (non-hydrogen) atoms. The van der Waals surface area contributed by atoms with Gasteiger partial charge in [0.05, 0.1) is 6.07 Å². The number of ether oxygens (including phenoxy) is 1. The van der Waals surface area contributed by atoms with Crippen LogP contribution in [-0.4, -0.2) is 41.6 Å². The molecular formula is C12H21N3O3. The Morgan fingerprint density at radius 1 is 1.28 bits per heavy atom. The van der Waals surface area contributed by atoms with Crippen molar-refractivity contribution in [3.63, 3.8) is 0 Å². The predicted molar refractivity (Wildman–Crippen MR) is 66.7 cm³/mol. The lowest BCUT2D eigenvalue weighted by atomic mass is 10.0. The van der Waals surface area contributed by atoms with Crippen LogP contribution in [0.2, 0.25) is 0 Å². The van der Waals surface area contributed by atoms with Crippen molar-refractivity contribution in [3.05, 3.63) is 0 Å². The van der Waals surface area contributed by atoms with E-state index >= 15 is 0 Å². The van der Waals surface area contributed by atoms with Crippen molar-refractivity contribution >= 4 is 12.0 Å². The Bertz CT molecular complexity index is 364. The first kappa shape index (κ1) is 16.2. The monoisotopic (exact) mass is 255 g/mol. The normalized spacial score (nSPS) is 11.4. The van der Waals surface area contributed by atoms with Crippen molar-refractivity contribution in [2.75, 3.05) is 13.6 Å². The SMILES string of the molecule is CN(CC#N)C(=O)C(C)(C)NC(=O)OC(C)(C)C. The lowest BCUT2D eigenvalue weighted by Crippen LogP contribution is -2.55. The topological polar surface area (TPSA) is 82.4 Å². The van der Waals surface area contributed by atoms with Gasteiger partial charge in [-0.1, -0.05) is 0 Å². The second kappa shape index (κ2) is 5.71. The molecule has 0 fully saturated rings. The minimum absolute atomic E-state index is 0.0295. The number of alkyl carbamates (subject to hydrolysis) is 1. The summed E-state index contributed by atoms with van der Waals surface area (Å²) in [6, 6.07) is 1.87. The number of carbonyl (C=O) groups excluding carboxylic acids is 2. The Kier molecular flexibility index (Phi) is 5.15. The largest absolute Gasteiger partial charge is 0.444 e. The number of carbonyl (C=O) groups is 2. The molecule has 0 unspecified atom stereocenters. The van der Waals surface area contributed by atoms with Crippen LogP contribution < -0.4 is 5.32 Å². The average Bonchev–Trinajstić information content (AvgIpc) is 2.12. The van der Waals surface area contributed by atoms with Crippen LogP contribution in [0.25, 0.3) is 0 Å². The van der Waals surface area contributed by atoms with Crippen molar-refractivity contribution in [2.24, 2.45) is 0 Å². The van der Waals surface area contributed by atoms with Gasteiger partial charge in [-0.25, -0.2) is 4.79 Å². The van der Waals surface area contributed by atoms with Gasteiger partial charge < -0.3 is 15.0 Å². The second-order valence-corrected chi connectivity index (χ2v) is 5.57. The smallest absolute Gasteiger partial charge is 0.408 e. The van der Waals surface area contributed by atoms with Crippen molar-refractivity contribution < 1.29 is 14.3 Å². The Hall–Kier alpha value is -1.77. The molecule has 6 nitrogen and oxygen atoms in total. The van der Waals surface area contributed by atoms with E-state index in [1.54, 1.807) is 34.6 Å². The van der Waals surface area contributed by atoms with Gasteiger partial charge in [0.2, 0.25) is 5.91 Å². The Balaban J connectivity index is 4.61. The molecule has 0 radical (unpaired) electrons. The fraction of sp³-hybridized carbons (Fsp3) is 0.750. The number of hydrogen-bond acceptors (Lipinski definition) is 4. The van der Waals surface area contributed by atoms with Gasteiger partial charge in [0, 0.05) is 7.05 Å². The fourth-order valence-corrected chi connectivity index (χ4v) is 1.27. The molecule has 0 aromatic heterocycles. The molecule has 0 bridgehead atoms. The van der Waals surface area contributed by atoms with Crippen molar-refractivity contribution in [1.82, 2.24) is 10.2 Å². The van der Waals surface area contributed by atoms with Gasteiger partial charge in [0.15, 0.2) is 0 Å². The number of nitrogens with zero attached hydrogens (tertiary/aromatic N) is 2. The number of likely N-dealkylation sites (N-methyl/N-ethyl adjacent to an activating group) is 1. The summed E-state index contributed by atoms with van der Waals surface area (Å²) < 4.78 is 5.08. The number of amides is 2. The summed E-state index contributed by atoms with van der Waals surface area (Å²) in [5.41, 5.74) is -1.74. The van der Waals surface area contributed by atoms with E-state index in [9.17, 15) is 9.59 Å². The van der Waals surface area contributed by atoms with Crippen LogP contribution in [-0.2, 0) is 9.53 Å². The summed E-state index contributed by atoms with van der Waals surface area (Å²) in [5.74, 6) is -0.352. The zero-order chi connectivity index (χ0) is 14.6. The minimum Gasteiger partial charge on any atom is -0.444 e. The fourth-order valence-electron chi connectivity index (χ4n) is 1.27. The van der Waals surface area contributed by atoms with Gasteiger partial charge in [0.1, 0.15) is 17.7 Å². The van der Waals surface area contributed by atoms with E-state index in [0.717, 1.165) is 0 Å². The van der Waals surface area contributed by atoms with Crippen molar-refractivity contribution in [1.29, 1.82) is 5.26 Å². The van der Waals surface area contributed by atoms with E-state index in [0.29, 0.717) is 0 Å². The van der Waals surface area contributed by atoms with Gasteiger partial charge in [-0.2, -0.15) is 5.26 Å². The molecule has 102 valence electrons.